The van der Waals surface area contributed by atoms with Gasteiger partial charge in [0.1, 0.15) is 0 Å². The highest BCUT2D eigenvalue weighted by atomic mass is 32.2. The highest BCUT2D eigenvalue weighted by Gasteiger charge is 2.38. The third-order valence-electron chi connectivity index (χ3n) is 8.08. The number of rotatable bonds is 6. The largest absolute Gasteiger partial charge is 0.0881 e. The van der Waals surface area contributed by atoms with E-state index in [9.17, 15) is 0 Å². The molecule has 1 heterocycles. The van der Waals surface area contributed by atoms with E-state index < -0.39 is 15.8 Å². The summed E-state index contributed by atoms with van der Waals surface area (Å²) in [5, 5.41) is 8.45. The SMILES string of the molecule is CC1(C)c2cccc(P(c3ccccc3)c3ccccc3)c2Sc2c(P(c3ccccc3)c3ccccc3)cccc21. The van der Waals surface area contributed by atoms with Crippen molar-refractivity contribution in [3.05, 3.63) is 169 Å². The van der Waals surface area contributed by atoms with Crippen molar-refractivity contribution in [2.24, 2.45) is 0 Å². The Balaban J connectivity index is 1.45. The Bertz CT molecular complexity index is 1600. The Kier molecular flexibility index (Phi) is 7.60. The number of hydrogen-bond donors (Lipinski definition) is 0. The summed E-state index contributed by atoms with van der Waals surface area (Å²) in [5.74, 6) is 0. The molecule has 0 bridgehead atoms. The van der Waals surface area contributed by atoms with E-state index in [0.717, 1.165) is 0 Å². The lowest BCUT2D eigenvalue weighted by molar-refractivity contribution is 0.610. The average Bonchev–Trinajstić information content (AvgIpc) is 3.04. The van der Waals surface area contributed by atoms with Gasteiger partial charge in [-0.25, -0.2) is 0 Å². The molecule has 7 rings (SSSR count). The van der Waals surface area contributed by atoms with Gasteiger partial charge in [0.25, 0.3) is 0 Å². The second kappa shape index (κ2) is 11.7. The predicted octanol–water partition coefficient (Wildman–Crippen LogP) is 7.99. The van der Waals surface area contributed by atoms with Crippen LogP contribution in [-0.2, 0) is 5.41 Å². The Labute approximate surface area is 256 Å². The molecule has 42 heavy (non-hydrogen) atoms. The number of hydrogen-bond acceptors (Lipinski definition) is 1. The standard InChI is InChI=1S/C39H32P2S/c1-39(2)33-25-15-27-35(40(29-17-7-3-8-18-29)30-19-9-4-10-20-30)37(33)42-38-34(39)26-16-28-36(38)41(31-21-11-5-12-22-31)32-23-13-6-14-24-32/h3-28H,1-2H3. The van der Waals surface area contributed by atoms with Crippen LogP contribution in [0.15, 0.2) is 168 Å². The lowest BCUT2D eigenvalue weighted by atomic mass is 9.77. The van der Waals surface area contributed by atoms with Crippen molar-refractivity contribution in [2.75, 3.05) is 0 Å². The van der Waals surface area contributed by atoms with Gasteiger partial charge >= 0.3 is 0 Å². The van der Waals surface area contributed by atoms with Crippen molar-refractivity contribution in [1.82, 2.24) is 0 Å². The highest BCUT2D eigenvalue weighted by Crippen LogP contribution is 2.52. The topological polar surface area (TPSA) is 0 Å². The van der Waals surface area contributed by atoms with Gasteiger partial charge in [-0.15, -0.1) is 0 Å². The molecule has 0 aliphatic carbocycles. The van der Waals surface area contributed by atoms with Crippen molar-refractivity contribution in [3.63, 3.8) is 0 Å². The lowest BCUT2D eigenvalue weighted by Gasteiger charge is -2.38. The average molecular weight is 595 g/mol. The summed E-state index contributed by atoms with van der Waals surface area (Å²) < 4.78 is 0. The van der Waals surface area contributed by atoms with Crippen molar-refractivity contribution in [3.8, 4) is 0 Å². The fraction of sp³-hybridized carbons (Fsp3) is 0.0769. The number of benzene rings is 6. The molecule has 1 aliphatic heterocycles. The Morgan fingerprint density at radius 2 is 0.690 bits per heavy atom. The molecule has 0 nitrogen and oxygen atoms in total. The Morgan fingerprint density at radius 1 is 0.381 bits per heavy atom. The minimum Gasteiger partial charge on any atom is -0.0881 e. The van der Waals surface area contributed by atoms with Crippen LogP contribution in [0.1, 0.15) is 25.0 Å². The van der Waals surface area contributed by atoms with Crippen LogP contribution in [0.4, 0.5) is 0 Å². The molecule has 6 aromatic rings. The van der Waals surface area contributed by atoms with E-state index >= 15 is 0 Å². The molecule has 0 unspecified atom stereocenters. The van der Waals surface area contributed by atoms with Crippen LogP contribution in [0.2, 0.25) is 0 Å². The van der Waals surface area contributed by atoms with E-state index in [1.807, 2.05) is 11.8 Å². The molecule has 0 radical (unpaired) electrons. The summed E-state index contributed by atoms with van der Waals surface area (Å²) in [5.41, 5.74) is 2.74. The van der Waals surface area contributed by atoms with Crippen molar-refractivity contribution in [2.45, 2.75) is 29.1 Å². The second-order valence-corrected chi connectivity index (χ2v) is 16.4. The molecule has 0 N–H and O–H groups in total. The summed E-state index contributed by atoms with van der Waals surface area (Å²) in [4.78, 5) is 2.86. The van der Waals surface area contributed by atoms with Crippen LogP contribution in [-0.4, -0.2) is 0 Å². The highest BCUT2D eigenvalue weighted by molar-refractivity contribution is 8.01. The summed E-state index contributed by atoms with van der Waals surface area (Å²) >= 11 is 2.01. The number of fused-ring (bicyclic) bond motifs is 2. The quantitative estimate of drug-likeness (QED) is 0.176. The van der Waals surface area contributed by atoms with Gasteiger partial charge in [-0.2, -0.15) is 0 Å². The van der Waals surface area contributed by atoms with Gasteiger partial charge in [0.2, 0.25) is 0 Å². The van der Waals surface area contributed by atoms with Gasteiger partial charge in [0.15, 0.2) is 0 Å². The van der Waals surface area contributed by atoms with Crippen LogP contribution in [0.25, 0.3) is 0 Å². The zero-order valence-electron chi connectivity index (χ0n) is 23.8. The molecule has 204 valence electrons. The molecule has 0 amide bonds. The summed E-state index contributed by atoms with van der Waals surface area (Å²) in [6, 6.07) is 58.5. The van der Waals surface area contributed by atoms with E-state index in [-0.39, 0.29) is 5.41 Å². The first kappa shape index (κ1) is 27.4. The molecule has 0 saturated heterocycles. The maximum atomic E-state index is 2.42. The smallest absolute Gasteiger partial charge is 0.0247 e. The van der Waals surface area contributed by atoms with Crippen LogP contribution in [0.3, 0.4) is 0 Å². The first-order chi connectivity index (χ1) is 20.6. The van der Waals surface area contributed by atoms with E-state index in [1.165, 1.54) is 52.7 Å². The van der Waals surface area contributed by atoms with Crippen molar-refractivity contribution in [1.29, 1.82) is 0 Å². The molecular formula is C39H32P2S. The van der Waals surface area contributed by atoms with Crippen LogP contribution in [0, 0.1) is 0 Å². The minimum absolute atomic E-state index is 0.120. The first-order valence-electron chi connectivity index (χ1n) is 14.4. The third kappa shape index (κ3) is 4.95. The van der Waals surface area contributed by atoms with E-state index in [1.54, 1.807) is 0 Å². The van der Waals surface area contributed by atoms with Crippen molar-refractivity contribution < 1.29 is 0 Å². The van der Waals surface area contributed by atoms with Gasteiger partial charge in [0.05, 0.1) is 0 Å². The summed E-state index contributed by atoms with van der Waals surface area (Å²) in [6.07, 6.45) is 0. The van der Waals surface area contributed by atoms with Gasteiger partial charge in [0, 0.05) is 15.2 Å². The molecule has 0 aromatic heterocycles. The van der Waals surface area contributed by atoms with Crippen LogP contribution < -0.4 is 31.8 Å². The summed E-state index contributed by atoms with van der Waals surface area (Å²) in [7, 11) is -1.44. The second-order valence-electron chi connectivity index (χ2n) is 11.0. The Morgan fingerprint density at radius 3 is 1.00 bits per heavy atom. The first-order valence-corrected chi connectivity index (χ1v) is 17.9. The molecule has 0 atom stereocenters. The van der Waals surface area contributed by atoms with Gasteiger partial charge in [-0.05, 0) is 58.8 Å². The molecule has 1 aliphatic rings. The fourth-order valence-corrected chi connectivity index (χ4v) is 13.0. The molecule has 3 heteroatoms. The lowest BCUT2D eigenvalue weighted by Crippen LogP contribution is -2.32. The normalized spacial score (nSPS) is 13.5. The van der Waals surface area contributed by atoms with Gasteiger partial charge < -0.3 is 0 Å². The molecular weight excluding hydrogens is 562 g/mol. The van der Waals surface area contributed by atoms with Gasteiger partial charge in [-0.3, -0.25) is 0 Å². The summed E-state index contributed by atoms with van der Waals surface area (Å²) in [6.45, 7) is 4.83. The molecule has 0 spiro atoms. The van der Waals surface area contributed by atoms with E-state index in [0.29, 0.717) is 0 Å². The van der Waals surface area contributed by atoms with Gasteiger partial charge in [-0.1, -0.05) is 183 Å². The molecule has 0 fully saturated rings. The maximum Gasteiger partial charge on any atom is 0.0247 e. The third-order valence-corrected chi connectivity index (χ3v) is 14.6. The van der Waals surface area contributed by atoms with E-state index in [2.05, 4.69) is 172 Å². The van der Waals surface area contributed by atoms with Crippen LogP contribution in [0.5, 0.6) is 0 Å². The van der Waals surface area contributed by atoms with E-state index in [4.69, 9.17) is 0 Å². The fourth-order valence-electron chi connectivity index (χ4n) is 6.01. The minimum atomic E-state index is -0.720. The Hall–Kier alpha value is -3.47. The predicted molar refractivity (Wildman–Crippen MR) is 187 cm³/mol. The monoisotopic (exact) mass is 594 g/mol. The maximum absolute atomic E-state index is 2.42. The molecule has 0 saturated carbocycles. The van der Waals surface area contributed by atoms with Crippen molar-refractivity contribution >= 4 is 59.4 Å². The zero-order chi connectivity index (χ0) is 28.5. The van der Waals surface area contributed by atoms with Crippen LogP contribution >= 0.6 is 27.6 Å². The molecule has 6 aromatic carbocycles. The zero-order valence-corrected chi connectivity index (χ0v) is 26.4.